The van der Waals surface area contributed by atoms with Crippen molar-refractivity contribution in [1.82, 2.24) is 10.1 Å². The third-order valence-corrected chi connectivity index (χ3v) is 3.64. The molecule has 0 atom stereocenters. The van der Waals surface area contributed by atoms with Crippen LogP contribution < -0.4 is 5.32 Å². The van der Waals surface area contributed by atoms with Gasteiger partial charge in [0.2, 0.25) is 11.8 Å². The minimum atomic E-state index is -1.02. The molecule has 1 aromatic heterocycles. The van der Waals surface area contributed by atoms with Crippen LogP contribution in [0.5, 0.6) is 0 Å². The molecule has 0 saturated carbocycles. The molecule has 0 fully saturated rings. The molecule has 128 valence electrons. The quantitative estimate of drug-likeness (QED) is 0.842. The molecule has 0 saturated heterocycles. The highest BCUT2D eigenvalue weighted by atomic mass is 16.5. The molecule has 24 heavy (non-hydrogen) atoms. The number of aromatic nitrogens is 2. The first-order valence-electron chi connectivity index (χ1n) is 7.74. The third-order valence-electron chi connectivity index (χ3n) is 3.64. The van der Waals surface area contributed by atoms with Crippen molar-refractivity contribution in [1.29, 1.82) is 0 Å². The number of aryl methyl sites for hydroxylation is 3. The Kier molecular flexibility index (Phi) is 5.33. The zero-order valence-corrected chi connectivity index (χ0v) is 14.2. The molecular formula is C17H21N3O4. The van der Waals surface area contributed by atoms with Crippen LogP contribution in [-0.4, -0.2) is 27.1 Å². The fourth-order valence-corrected chi connectivity index (χ4v) is 2.25. The van der Waals surface area contributed by atoms with Gasteiger partial charge in [0.25, 0.3) is 0 Å². The van der Waals surface area contributed by atoms with E-state index >= 15 is 0 Å². The number of nitrogens with zero attached hydrogens (tertiary/aromatic N) is 2. The number of hydrogen-bond acceptors (Lipinski definition) is 5. The number of carboxylic acid groups (broad SMARTS) is 1. The maximum atomic E-state index is 12.1. The lowest BCUT2D eigenvalue weighted by Gasteiger charge is -2.11. The molecule has 0 radical (unpaired) electrons. The molecule has 2 aromatic rings. The highest BCUT2D eigenvalue weighted by Gasteiger charge is 2.14. The summed E-state index contributed by atoms with van der Waals surface area (Å²) < 4.78 is 5.10. The van der Waals surface area contributed by atoms with E-state index in [0.29, 0.717) is 29.4 Å². The van der Waals surface area contributed by atoms with Gasteiger partial charge in [-0.2, -0.15) is 4.98 Å². The molecule has 0 unspecified atom stereocenters. The van der Waals surface area contributed by atoms with Gasteiger partial charge in [-0.1, -0.05) is 25.1 Å². The zero-order chi connectivity index (χ0) is 17.9. The topological polar surface area (TPSA) is 105 Å². The fourth-order valence-electron chi connectivity index (χ4n) is 2.25. The normalized spacial score (nSPS) is 10.9. The zero-order valence-electron chi connectivity index (χ0n) is 14.2. The first kappa shape index (κ1) is 17.7. The highest BCUT2D eigenvalue weighted by Crippen LogP contribution is 2.21. The molecule has 0 aliphatic heterocycles. The number of rotatable bonds is 6. The lowest BCUT2D eigenvalue weighted by Crippen LogP contribution is -2.14. The van der Waals surface area contributed by atoms with Crippen molar-refractivity contribution < 1.29 is 19.2 Å². The molecule has 0 bridgehead atoms. The minimum Gasteiger partial charge on any atom is -0.478 e. The number of benzene rings is 1. The van der Waals surface area contributed by atoms with Crippen LogP contribution in [0.2, 0.25) is 0 Å². The van der Waals surface area contributed by atoms with Gasteiger partial charge in [0.05, 0.1) is 5.56 Å². The highest BCUT2D eigenvalue weighted by molar-refractivity contribution is 5.95. The number of carboxylic acids is 1. The largest absolute Gasteiger partial charge is 0.478 e. The van der Waals surface area contributed by atoms with Gasteiger partial charge in [-0.05, 0) is 31.0 Å². The average molecular weight is 331 g/mol. The number of hydrogen-bond donors (Lipinski definition) is 2. The van der Waals surface area contributed by atoms with Crippen LogP contribution >= 0.6 is 0 Å². The van der Waals surface area contributed by atoms with E-state index in [-0.39, 0.29) is 23.8 Å². The molecule has 1 aromatic carbocycles. The molecule has 1 amide bonds. The summed E-state index contributed by atoms with van der Waals surface area (Å²) >= 11 is 0. The van der Waals surface area contributed by atoms with E-state index in [4.69, 9.17) is 4.52 Å². The van der Waals surface area contributed by atoms with E-state index in [0.717, 1.165) is 5.56 Å². The van der Waals surface area contributed by atoms with Crippen molar-refractivity contribution in [3.8, 4) is 0 Å². The molecule has 7 heteroatoms. The molecular weight excluding hydrogens is 310 g/mol. The third kappa shape index (κ3) is 4.18. The van der Waals surface area contributed by atoms with Gasteiger partial charge >= 0.3 is 5.97 Å². The summed E-state index contributed by atoms with van der Waals surface area (Å²) in [6, 6.07) is 3.22. The summed E-state index contributed by atoms with van der Waals surface area (Å²) in [6.07, 6.45) is 0.512. The number of anilines is 1. The number of amides is 1. The molecule has 0 aliphatic rings. The smallest absolute Gasteiger partial charge is 0.336 e. The molecule has 2 N–H and O–H groups in total. The van der Waals surface area contributed by atoms with Crippen molar-refractivity contribution >= 4 is 17.6 Å². The Balaban J connectivity index is 2.01. The van der Waals surface area contributed by atoms with Gasteiger partial charge in [0.1, 0.15) is 0 Å². The van der Waals surface area contributed by atoms with Crippen molar-refractivity contribution in [3.63, 3.8) is 0 Å². The molecule has 1 heterocycles. The van der Waals surface area contributed by atoms with Crippen molar-refractivity contribution in [2.24, 2.45) is 0 Å². The molecule has 2 rings (SSSR count). The van der Waals surface area contributed by atoms with Crippen LogP contribution in [0.4, 0.5) is 5.69 Å². The summed E-state index contributed by atoms with van der Waals surface area (Å²) in [5, 5.41) is 15.8. The number of carbonyl (C=O) groups excluding carboxylic acids is 1. The summed E-state index contributed by atoms with van der Waals surface area (Å²) in [6.45, 7) is 7.47. The SMILES string of the molecule is Cc1cc(C)c(C(=O)O)cc1NC(=O)CCc1nc(C(C)C)no1. The van der Waals surface area contributed by atoms with Crippen molar-refractivity contribution in [3.05, 3.63) is 40.5 Å². The summed E-state index contributed by atoms with van der Waals surface area (Å²) in [7, 11) is 0. The summed E-state index contributed by atoms with van der Waals surface area (Å²) in [5.41, 5.74) is 2.14. The van der Waals surface area contributed by atoms with E-state index in [1.807, 2.05) is 20.8 Å². The molecule has 7 nitrogen and oxygen atoms in total. The Morgan fingerprint density at radius 3 is 2.54 bits per heavy atom. The Labute approximate surface area is 140 Å². The number of aromatic carboxylic acids is 1. The summed E-state index contributed by atoms with van der Waals surface area (Å²) in [4.78, 5) is 27.5. The van der Waals surface area contributed by atoms with Gasteiger partial charge < -0.3 is 14.9 Å². The summed E-state index contributed by atoms with van der Waals surface area (Å²) in [5.74, 6) is -0.0507. The number of carbonyl (C=O) groups is 2. The second-order valence-corrected chi connectivity index (χ2v) is 6.04. The van der Waals surface area contributed by atoms with Gasteiger partial charge in [-0.15, -0.1) is 0 Å². The van der Waals surface area contributed by atoms with Gasteiger partial charge in [0, 0.05) is 24.4 Å². The lowest BCUT2D eigenvalue weighted by atomic mass is 10.0. The molecule has 0 spiro atoms. The van der Waals surface area contributed by atoms with E-state index in [9.17, 15) is 14.7 Å². The van der Waals surface area contributed by atoms with Crippen LogP contribution in [0.3, 0.4) is 0 Å². The first-order chi connectivity index (χ1) is 11.3. The first-order valence-corrected chi connectivity index (χ1v) is 7.74. The maximum Gasteiger partial charge on any atom is 0.336 e. The van der Waals surface area contributed by atoms with Crippen LogP contribution in [0, 0.1) is 13.8 Å². The van der Waals surface area contributed by atoms with Crippen LogP contribution in [0.1, 0.15) is 59.4 Å². The van der Waals surface area contributed by atoms with E-state index in [1.54, 1.807) is 13.0 Å². The van der Waals surface area contributed by atoms with E-state index < -0.39 is 5.97 Å². The van der Waals surface area contributed by atoms with Crippen LogP contribution in [0.15, 0.2) is 16.7 Å². The lowest BCUT2D eigenvalue weighted by molar-refractivity contribution is -0.116. The Bertz CT molecular complexity index is 765. The predicted octanol–water partition coefficient (Wildman–Crippen LogP) is 3.08. The average Bonchev–Trinajstić information content (AvgIpc) is 2.96. The van der Waals surface area contributed by atoms with E-state index in [1.165, 1.54) is 6.07 Å². The minimum absolute atomic E-state index is 0.168. The Hall–Kier alpha value is -2.70. The fraction of sp³-hybridized carbons (Fsp3) is 0.412. The number of nitrogens with one attached hydrogen (secondary N) is 1. The van der Waals surface area contributed by atoms with Crippen LogP contribution in [-0.2, 0) is 11.2 Å². The standard InChI is InChI=1S/C17H21N3O4/c1-9(2)16-19-15(24-20-16)6-5-14(21)18-13-8-12(17(22)23)10(3)7-11(13)4/h7-9H,5-6H2,1-4H3,(H,18,21)(H,22,23). The maximum absolute atomic E-state index is 12.1. The predicted molar refractivity (Wildman–Crippen MR) is 88.2 cm³/mol. The second kappa shape index (κ2) is 7.25. The van der Waals surface area contributed by atoms with Crippen molar-refractivity contribution in [2.75, 3.05) is 5.32 Å². The Morgan fingerprint density at radius 1 is 1.25 bits per heavy atom. The van der Waals surface area contributed by atoms with Gasteiger partial charge in [-0.3, -0.25) is 4.79 Å². The van der Waals surface area contributed by atoms with E-state index in [2.05, 4.69) is 15.5 Å². The monoisotopic (exact) mass is 331 g/mol. The van der Waals surface area contributed by atoms with Crippen LogP contribution in [0.25, 0.3) is 0 Å². The second-order valence-electron chi connectivity index (χ2n) is 6.04. The van der Waals surface area contributed by atoms with Gasteiger partial charge in [-0.25, -0.2) is 4.79 Å². The molecule has 0 aliphatic carbocycles. The van der Waals surface area contributed by atoms with Crippen molar-refractivity contribution in [2.45, 2.75) is 46.5 Å². The van der Waals surface area contributed by atoms with Gasteiger partial charge in [0.15, 0.2) is 5.82 Å². The Morgan fingerprint density at radius 2 is 1.96 bits per heavy atom.